The van der Waals surface area contributed by atoms with Crippen LogP contribution in [0.1, 0.15) is 15.9 Å². The van der Waals surface area contributed by atoms with Gasteiger partial charge in [-0.15, -0.1) is 0 Å². The Balaban J connectivity index is 2.18. The van der Waals surface area contributed by atoms with Crippen LogP contribution >= 0.6 is 31.9 Å². The zero-order valence-electron chi connectivity index (χ0n) is 9.61. The monoisotopic (exact) mass is 368 g/mol. The minimum absolute atomic E-state index is 0.363. The molecule has 2 aromatic carbocycles. The van der Waals surface area contributed by atoms with E-state index < -0.39 is 0 Å². The SMILES string of the molecule is Cc1ccc(C(=O)Oc2ccc(Br)cc2Br)cc1. The van der Waals surface area contributed by atoms with Gasteiger partial charge in [0.1, 0.15) is 5.75 Å². The third kappa shape index (κ3) is 3.21. The smallest absolute Gasteiger partial charge is 0.343 e. The first-order valence-electron chi connectivity index (χ1n) is 5.30. The van der Waals surface area contributed by atoms with E-state index in [2.05, 4.69) is 31.9 Å². The van der Waals surface area contributed by atoms with E-state index >= 15 is 0 Å². The van der Waals surface area contributed by atoms with E-state index in [-0.39, 0.29) is 5.97 Å². The van der Waals surface area contributed by atoms with E-state index in [1.165, 1.54) is 0 Å². The van der Waals surface area contributed by atoms with E-state index in [1.807, 2.05) is 31.2 Å². The van der Waals surface area contributed by atoms with E-state index in [4.69, 9.17) is 4.74 Å². The first-order chi connectivity index (χ1) is 8.56. The zero-order chi connectivity index (χ0) is 13.1. The van der Waals surface area contributed by atoms with Crippen LogP contribution < -0.4 is 4.74 Å². The number of benzene rings is 2. The molecule has 2 aromatic rings. The fourth-order valence-corrected chi connectivity index (χ4v) is 2.53. The summed E-state index contributed by atoms with van der Waals surface area (Å²) in [4.78, 5) is 11.9. The summed E-state index contributed by atoms with van der Waals surface area (Å²) >= 11 is 6.70. The lowest BCUT2D eigenvalue weighted by Gasteiger charge is -2.06. The van der Waals surface area contributed by atoms with Crippen molar-refractivity contribution in [1.29, 1.82) is 0 Å². The van der Waals surface area contributed by atoms with Crippen LogP contribution in [0.25, 0.3) is 0 Å². The van der Waals surface area contributed by atoms with Crippen molar-refractivity contribution in [3.05, 3.63) is 62.5 Å². The number of aryl methyl sites for hydroxylation is 1. The van der Waals surface area contributed by atoms with Crippen LogP contribution in [0, 0.1) is 6.92 Å². The van der Waals surface area contributed by atoms with Crippen LogP contribution in [-0.2, 0) is 0 Å². The molecule has 0 unspecified atom stereocenters. The number of esters is 1. The van der Waals surface area contributed by atoms with Crippen LogP contribution in [0.15, 0.2) is 51.4 Å². The number of carbonyl (C=O) groups excluding carboxylic acids is 1. The van der Waals surface area contributed by atoms with Crippen molar-refractivity contribution in [3.8, 4) is 5.75 Å². The normalized spacial score (nSPS) is 10.2. The van der Waals surface area contributed by atoms with E-state index in [1.54, 1.807) is 18.2 Å². The molecule has 0 aliphatic heterocycles. The lowest BCUT2D eigenvalue weighted by atomic mass is 10.1. The summed E-state index contributed by atoms with van der Waals surface area (Å²) in [7, 11) is 0. The Kier molecular flexibility index (Phi) is 4.19. The Morgan fingerprint density at radius 1 is 1.06 bits per heavy atom. The summed E-state index contributed by atoms with van der Waals surface area (Å²) in [5, 5.41) is 0. The molecule has 0 atom stereocenters. The summed E-state index contributed by atoms with van der Waals surface area (Å²) in [5.74, 6) is 0.141. The molecule has 18 heavy (non-hydrogen) atoms. The third-order valence-corrected chi connectivity index (χ3v) is 3.50. The second-order valence-corrected chi connectivity index (χ2v) is 5.60. The summed E-state index contributed by atoms with van der Waals surface area (Å²) in [6.45, 7) is 1.97. The van der Waals surface area contributed by atoms with Crippen molar-refractivity contribution >= 4 is 37.8 Å². The van der Waals surface area contributed by atoms with Crippen molar-refractivity contribution in [2.45, 2.75) is 6.92 Å². The van der Waals surface area contributed by atoms with Crippen LogP contribution in [0.3, 0.4) is 0 Å². The van der Waals surface area contributed by atoms with Gasteiger partial charge in [0, 0.05) is 4.47 Å². The van der Waals surface area contributed by atoms with Gasteiger partial charge in [0.05, 0.1) is 10.0 Å². The molecule has 0 saturated carbocycles. The van der Waals surface area contributed by atoms with Gasteiger partial charge in [0.25, 0.3) is 0 Å². The summed E-state index contributed by atoms with van der Waals surface area (Å²) < 4.78 is 6.97. The topological polar surface area (TPSA) is 26.3 Å². The first kappa shape index (κ1) is 13.3. The standard InChI is InChI=1S/C14H10Br2O2/c1-9-2-4-10(5-3-9)14(17)18-13-7-6-11(15)8-12(13)16/h2-8H,1H3. The zero-order valence-corrected chi connectivity index (χ0v) is 12.8. The number of hydrogen-bond acceptors (Lipinski definition) is 2. The van der Waals surface area contributed by atoms with Gasteiger partial charge >= 0.3 is 5.97 Å². The molecule has 92 valence electrons. The van der Waals surface area contributed by atoms with Gasteiger partial charge in [0.15, 0.2) is 0 Å². The maximum Gasteiger partial charge on any atom is 0.343 e. The lowest BCUT2D eigenvalue weighted by Crippen LogP contribution is -2.08. The molecule has 4 heteroatoms. The Labute approximate surface area is 122 Å². The lowest BCUT2D eigenvalue weighted by molar-refractivity contribution is 0.0733. The molecule has 2 nitrogen and oxygen atoms in total. The molecule has 0 bridgehead atoms. The second kappa shape index (κ2) is 5.67. The second-order valence-electron chi connectivity index (χ2n) is 3.83. The first-order valence-corrected chi connectivity index (χ1v) is 6.89. The summed E-state index contributed by atoms with van der Waals surface area (Å²) in [6.07, 6.45) is 0. The highest BCUT2D eigenvalue weighted by molar-refractivity contribution is 9.11. The third-order valence-electron chi connectivity index (χ3n) is 2.38. The molecule has 0 aliphatic carbocycles. The number of carbonyl (C=O) groups is 1. The van der Waals surface area contributed by atoms with E-state index in [0.717, 1.165) is 14.5 Å². The highest BCUT2D eigenvalue weighted by Gasteiger charge is 2.10. The van der Waals surface area contributed by atoms with Crippen molar-refractivity contribution < 1.29 is 9.53 Å². The van der Waals surface area contributed by atoms with Crippen LogP contribution in [0.4, 0.5) is 0 Å². The average molecular weight is 370 g/mol. The highest BCUT2D eigenvalue weighted by Crippen LogP contribution is 2.28. The predicted molar refractivity (Wildman–Crippen MR) is 78.0 cm³/mol. The van der Waals surface area contributed by atoms with Crippen LogP contribution in [-0.4, -0.2) is 5.97 Å². The molecule has 0 spiro atoms. The van der Waals surface area contributed by atoms with Crippen molar-refractivity contribution in [3.63, 3.8) is 0 Å². The quantitative estimate of drug-likeness (QED) is 0.564. The van der Waals surface area contributed by atoms with E-state index in [9.17, 15) is 4.79 Å². The molecule has 0 aromatic heterocycles. The number of rotatable bonds is 2. The van der Waals surface area contributed by atoms with Gasteiger partial charge < -0.3 is 4.74 Å². The van der Waals surface area contributed by atoms with Gasteiger partial charge in [0.2, 0.25) is 0 Å². The van der Waals surface area contributed by atoms with Gasteiger partial charge in [-0.2, -0.15) is 0 Å². The molecule has 0 fully saturated rings. The van der Waals surface area contributed by atoms with Crippen molar-refractivity contribution in [2.75, 3.05) is 0 Å². The number of hydrogen-bond donors (Lipinski definition) is 0. The van der Waals surface area contributed by atoms with Crippen molar-refractivity contribution in [2.24, 2.45) is 0 Å². The van der Waals surface area contributed by atoms with Crippen LogP contribution in [0.2, 0.25) is 0 Å². The van der Waals surface area contributed by atoms with E-state index in [0.29, 0.717) is 11.3 Å². The molecule has 0 radical (unpaired) electrons. The molecule has 0 N–H and O–H groups in total. The fraction of sp³-hybridized carbons (Fsp3) is 0.0714. The Hall–Kier alpha value is -1.13. The molecule has 2 rings (SSSR count). The molecule has 0 heterocycles. The maximum atomic E-state index is 11.9. The summed E-state index contributed by atoms with van der Waals surface area (Å²) in [5.41, 5.74) is 1.65. The molecular weight excluding hydrogens is 360 g/mol. The fourth-order valence-electron chi connectivity index (χ4n) is 1.41. The summed E-state index contributed by atoms with van der Waals surface area (Å²) in [6, 6.07) is 12.7. The highest BCUT2D eigenvalue weighted by atomic mass is 79.9. The molecule has 0 saturated heterocycles. The van der Waals surface area contributed by atoms with Gasteiger partial charge in [-0.25, -0.2) is 4.79 Å². The number of halogens is 2. The maximum absolute atomic E-state index is 11.9. The predicted octanol–water partition coefficient (Wildman–Crippen LogP) is 4.74. The minimum atomic E-state index is -0.363. The minimum Gasteiger partial charge on any atom is -0.422 e. The molecule has 0 amide bonds. The Morgan fingerprint density at radius 3 is 2.33 bits per heavy atom. The van der Waals surface area contributed by atoms with Gasteiger partial charge in [-0.3, -0.25) is 0 Å². The molecule has 0 aliphatic rings. The largest absolute Gasteiger partial charge is 0.422 e. The molecular formula is C14H10Br2O2. The number of ether oxygens (including phenoxy) is 1. The Morgan fingerprint density at radius 2 is 1.72 bits per heavy atom. The van der Waals surface area contributed by atoms with Crippen molar-refractivity contribution in [1.82, 2.24) is 0 Å². The van der Waals surface area contributed by atoms with Crippen LogP contribution in [0.5, 0.6) is 5.75 Å². The van der Waals surface area contributed by atoms with Gasteiger partial charge in [-0.1, -0.05) is 33.6 Å². The Bertz CT molecular complexity index is 577. The average Bonchev–Trinajstić information content (AvgIpc) is 2.33. The van der Waals surface area contributed by atoms with Gasteiger partial charge in [-0.05, 0) is 53.2 Å².